The molecule has 0 aliphatic carbocycles. The molecule has 0 aromatic heterocycles. The minimum absolute atomic E-state index is 0.194. The maximum Gasteiger partial charge on any atom is 0.253 e. The molecule has 8 heteroatoms. The highest BCUT2D eigenvalue weighted by atomic mass is 16.5. The van der Waals surface area contributed by atoms with Gasteiger partial charge in [0.15, 0.2) is 0 Å². The molecule has 3 heterocycles. The van der Waals surface area contributed by atoms with Crippen LogP contribution in [0.2, 0.25) is 0 Å². The van der Waals surface area contributed by atoms with Crippen LogP contribution in [0.3, 0.4) is 0 Å². The quantitative estimate of drug-likeness (QED) is 0.248. The van der Waals surface area contributed by atoms with Crippen LogP contribution in [-0.2, 0) is 32.1 Å². The molecular formula is C41H47N3O5. The Bertz CT molecular complexity index is 1730. The lowest BCUT2D eigenvalue weighted by Crippen LogP contribution is -2.59. The first kappa shape index (κ1) is 34.3. The van der Waals surface area contributed by atoms with Crippen molar-refractivity contribution in [3.8, 4) is 0 Å². The van der Waals surface area contributed by atoms with E-state index in [2.05, 4.69) is 13.2 Å². The summed E-state index contributed by atoms with van der Waals surface area (Å²) in [6.07, 6.45) is 4.68. The average molecular weight is 662 g/mol. The number of aryl methyl sites for hydroxylation is 2. The maximum atomic E-state index is 15.2. The molecule has 49 heavy (non-hydrogen) atoms. The third kappa shape index (κ3) is 6.02. The molecule has 2 bridgehead atoms. The first-order chi connectivity index (χ1) is 23.6. The normalized spacial score (nSPS) is 25.9. The van der Waals surface area contributed by atoms with E-state index in [-0.39, 0.29) is 30.9 Å². The number of hydrogen-bond donors (Lipinski definition) is 1. The molecule has 6 atom stereocenters. The number of hydrogen-bond acceptors (Lipinski definition) is 5. The molecule has 6 rings (SSSR count). The highest BCUT2D eigenvalue weighted by molar-refractivity contribution is 6.05. The molecule has 3 aromatic carbocycles. The lowest BCUT2D eigenvalue weighted by atomic mass is 9.66. The number of aliphatic hydroxyl groups excluding tert-OH is 1. The van der Waals surface area contributed by atoms with Gasteiger partial charge >= 0.3 is 0 Å². The number of rotatable bonds is 13. The predicted molar refractivity (Wildman–Crippen MR) is 191 cm³/mol. The van der Waals surface area contributed by atoms with Crippen LogP contribution in [0.5, 0.6) is 0 Å². The zero-order chi connectivity index (χ0) is 34.9. The molecule has 3 aliphatic heterocycles. The van der Waals surface area contributed by atoms with Crippen molar-refractivity contribution in [2.24, 2.45) is 11.8 Å². The molecule has 0 radical (unpaired) electrons. The number of likely N-dealkylation sites (tertiary alicyclic amines) is 1. The maximum absolute atomic E-state index is 15.2. The summed E-state index contributed by atoms with van der Waals surface area (Å²) in [6.45, 7) is 14.2. The van der Waals surface area contributed by atoms with Crippen LogP contribution in [0.4, 0.5) is 5.69 Å². The Morgan fingerprint density at radius 3 is 2.24 bits per heavy atom. The van der Waals surface area contributed by atoms with Crippen LogP contribution in [0.15, 0.2) is 104 Å². The van der Waals surface area contributed by atoms with Crippen LogP contribution in [-0.4, -0.2) is 75.6 Å². The van der Waals surface area contributed by atoms with Crippen molar-refractivity contribution < 1.29 is 24.2 Å². The third-order valence-electron chi connectivity index (χ3n) is 10.7. The Labute approximate surface area is 289 Å². The van der Waals surface area contributed by atoms with Gasteiger partial charge in [0.2, 0.25) is 11.8 Å². The van der Waals surface area contributed by atoms with E-state index in [9.17, 15) is 9.90 Å². The highest BCUT2D eigenvalue weighted by Crippen LogP contribution is 2.64. The van der Waals surface area contributed by atoms with Gasteiger partial charge in [-0.25, -0.2) is 0 Å². The number of anilines is 1. The molecule has 3 saturated heterocycles. The molecule has 3 aliphatic rings. The second kappa shape index (κ2) is 13.8. The molecular weight excluding hydrogens is 614 g/mol. The van der Waals surface area contributed by atoms with Crippen LogP contribution >= 0.6 is 0 Å². The summed E-state index contributed by atoms with van der Waals surface area (Å²) in [5.74, 6) is -2.54. The van der Waals surface area contributed by atoms with E-state index in [4.69, 9.17) is 4.74 Å². The van der Waals surface area contributed by atoms with Crippen LogP contribution in [0.1, 0.15) is 42.0 Å². The van der Waals surface area contributed by atoms with E-state index in [0.717, 1.165) is 27.9 Å². The van der Waals surface area contributed by atoms with Gasteiger partial charge in [-0.1, -0.05) is 84.9 Å². The third-order valence-corrected chi connectivity index (χ3v) is 10.7. The molecule has 1 N–H and O–H groups in total. The van der Waals surface area contributed by atoms with E-state index in [1.165, 1.54) is 0 Å². The SMILES string of the molecule is C=CCN(Cc1ccccc1)C(=O)[C@@H]1[C@H]2C(=O)N([C@@H](CO)Cc3ccccc3)C(C(=O)N(CC=C)c3cc(C)ccc3C)C23CC[C@@]1(C)O3. The van der Waals surface area contributed by atoms with Crippen LogP contribution < -0.4 is 4.90 Å². The van der Waals surface area contributed by atoms with Crippen molar-refractivity contribution in [3.05, 3.63) is 126 Å². The number of amides is 3. The van der Waals surface area contributed by atoms with E-state index in [1.807, 2.05) is 99.6 Å². The first-order valence-corrected chi connectivity index (χ1v) is 17.2. The van der Waals surface area contributed by atoms with Crippen molar-refractivity contribution in [2.45, 2.75) is 69.9 Å². The average Bonchev–Trinajstić information content (AvgIpc) is 3.68. The number of nitrogens with zero attached hydrogens (tertiary/aromatic N) is 3. The molecule has 8 nitrogen and oxygen atoms in total. The Kier molecular flexibility index (Phi) is 9.65. The van der Waals surface area contributed by atoms with Gasteiger partial charge in [-0.15, -0.1) is 13.2 Å². The Morgan fingerprint density at radius 1 is 0.959 bits per heavy atom. The van der Waals surface area contributed by atoms with E-state index in [0.29, 0.717) is 32.4 Å². The standard InChI is InChI=1S/C41H47N3O5/c1-6-22-42(26-31-16-12-9-13-17-31)37(46)34-35-38(47)44(32(27-45)25-30-14-10-8-11-15-30)36(41(35)21-20-40(34,5)49-41)39(48)43(23-7-2)33-24-28(3)18-19-29(33)4/h6-19,24,32,34-36,45H,1-2,20-23,25-27H2,3-5H3/t32-,34+,35+,36?,40-,41?/m1/s1. The molecule has 256 valence electrons. The Hall–Kier alpha value is -4.53. The van der Waals surface area contributed by atoms with Gasteiger partial charge in [0.1, 0.15) is 11.6 Å². The fourth-order valence-corrected chi connectivity index (χ4v) is 8.53. The minimum atomic E-state index is -1.25. The van der Waals surface area contributed by atoms with Crippen molar-refractivity contribution in [1.29, 1.82) is 0 Å². The van der Waals surface area contributed by atoms with Crippen molar-refractivity contribution in [2.75, 3.05) is 24.6 Å². The summed E-state index contributed by atoms with van der Waals surface area (Å²) < 4.78 is 6.99. The molecule has 1 spiro atoms. The van der Waals surface area contributed by atoms with E-state index >= 15 is 9.59 Å². The number of aliphatic hydroxyl groups is 1. The molecule has 3 fully saturated rings. The van der Waals surface area contributed by atoms with Crippen LogP contribution in [0.25, 0.3) is 0 Å². The van der Waals surface area contributed by atoms with E-state index < -0.39 is 35.1 Å². The summed E-state index contributed by atoms with van der Waals surface area (Å²) in [4.78, 5) is 50.0. The number of carbonyl (C=O) groups is 3. The Morgan fingerprint density at radius 2 is 1.61 bits per heavy atom. The molecule has 3 amide bonds. The second-order valence-corrected chi connectivity index (χ2v) is 14.0. The fourth-order valence-electron chi connectivity index (χ4n) is 8.53. The van der Waals surface area contributed by atoms with Crippen molar-refractivity contribution >= 4 is 23.4 Å². The van der Waals surface area contributed by atoms with Crippen LogP contribution in [0, 0.1) is 25.7 Å². The highest BCUT2D eigenvalue weighted by Gasteiger charge is 2.79. The summed E-state index contributed by atoms with van der Waals surface area (Å²) >= 11 is 0. The van der Waals surface area contributed by atoms with Gasteiger partial charge in [0.05, 0.1) is 30.1 Å². The van der Waals surface area contributed by atoms with Gasteiger partial charge in [-0.2, -0.15) is 0 Å². The number of benzene rings is 3. The summed E-state index contributed by atoms with van der Waals surface area (Å²) in [6, 6.07) is 23.6. The topological polar surface area (TPSA) is 90.4 Å². The molecule has 2 unspecified atom stereocenters. The van der Waals surface area contributed by atoms with E-state index in [1.54, 1.807) is 26.9 Å². The zero-order valence-electron chi connectivity index (χ0n) is 28.8. The monoisotopic (exact) mass is 661 g/mol. The van der Waals surface area contributed by atoms with Gasteiger partial charge in [-0.05, 0) is 68.4 Å². The van der Waals surface area contributed by atoms with Crippen molar-refractivity contribution in [3.63, 3.8) is 0 Å². The summed E-state index contributed by atoms with van der Waals surface area (Å²) in [5, 5.41) is 10.9. The fraction of sp³-hybridized carbons (Fsp3) is 0.390. The lowest BCUT2D eigenvalue weighted by Gasteiger charge is -2.40. The van der Waals surface area contributed by atoms with Gasteiger partial charge < -0.3 is 24.5 Å². The summed E-state index contributed by atoms with van der Waals surface area (Å²) in [5.41, 5.74) is 2.32. The lowest BCUT2D eigenvalue weighted by molar-refractivity contribution is -0.152. The molecule has 3 aromatic rings. The zero-order valence-corrected chi connectivity index (χ0v) is 28.8. The number of ether oxygens (including phenoxy) is 1. The first-order valence-electron chi connectivity index (χ1n) is 17.2. The number of carbonyl (C=O) groups excluding carboxylic acids is 3. The minimum Gasteiger partial charge on any atom is -0.394 e. The smallest absolute Gasteiger partial charge is 0.253 e. The predicted octanol–water partition coefficient (Wildman–Crippen LogP) is 5.41. The van der Waals surface area contributed by atoms with Gasteiger partial charge in [0.25, 0.3) is 5.91 Å². The molecule has 0 saturated carbocycles. The van der Waals surface area contributed by atoms with Gasteiger partial charge in [-0.3, -0.25) is 14.4 Å². The summed E-state index contributed by atoms with van der Waals surface area (Å²) in [7, 11) is 0. The largest absolute Gasteiger partial charge is 0.394 e. The van der Waals surface area contributed by atoms with Gasteiger partial charge in [0, 0.05) is 25.3 Å². The second-order valence-electron chi connectivity index (χ2n) is 14.0. The number of fused-ring (bicyclic) bond motifs is 1. The van der Waals surface area contributed by atoms with Crippen molar-refractivity contribution in [1.82, 2.24) is 9.80 Å². The Balaban J connectivity index is 1.46.